The summed E-state index contributed by atoms with van der Waals surface area (Å²) < 4.78 is 23.1. The van der Waals surface area contributed by atoms with Gasteiger partial charge in [0.15, 0.2) is 28.8 Å². The fraction of sp³-hybridized carbons (Fsp3) is 0.212. The van der Waals surface area contributed by atoms with E-state index in [9.17, 15) is 9.59 Å². The van der Waals surface area contributed by atoms with Crippen LogP contribution in [-0.4, -0.2) is 32.1 Å². The van der Waals surface area contributed by atoms with Gasteiger partial charge in [0.05, 0.1) is 14.2 Å². The number of esters is 1. The molecule has 0 saturated heterocycles. The molecule has 0 amide bonds. The number of carbonyl (C=O) groups excluding carboxylic acids is 2. The van der Waals surface area contributed by atoms with Gasteiger partial charge in [-0.25, -0.2) is 0 Å². The molecule has 198 valence electrons. The molecule has 0 heterocycles. The van der Waals surface area contributed by atoms with Crippen LogP contribution >= 0.6 is 0 Å². The molecule has 0 spiro atoms. The molecule has 1 aliphatic rings. The highest BCUT2D eigenvalue weighted by atomic mass is 16.6. The molecule has 4 aromatic carbocycles. The summed E-state index contributed by atoms with van der Waals surface area (Å²) in [6.45, 7) is 3.37. The molecule has 0 bridgehead atoms. The Hall–Kier alpha value is -4.58. The van der Waals surface area contributed by atoms with E-state index in [0.29, 0.717) is 34.1 Å². The van der Waals surface area contributed by atoms with Crippen molar-refractivity contribution in [3.8, 4) is 23.0 Å². The van der Waals surface area contributed by atoms with E-state index in [1.807, 2.05) is 91.9 Å². The highest BCUT2D eigenvalue weighted by molar-refractivity contribution is 6.12. The summed E-state index contributed by atoms with van der Waals surface area (Å²) in [6.07, 6.45) is -0.370. The third-order valence-electron chi connectivity index (χ3n) is 7.15. The van der Waals surface area contributed by atoms with Gasteiger partial charge < -0.3 is 18.9 Å². The molecule has 6 nitrogen and oxygen atoms in total. The minimum atomic E-state index is -0.431. The Morgan fingerprint density at radius 3 is 1.87 bits per heavy atom. The van der Waals surface area contributed by atoms with Crippen LogP contribution in [0, 0.1) is 0 Å². The van der Waals surface area contributed by atoms with Gasteiger partial charge in [-0.1, -0.05) is 66.7 Å². The molecule has 0 fully saturated rings. The maximum atomic E-state index is 13.5. The number of fused-ring (bicyclic) bond motifs is 2. The van der Waals surface area contributed by atoms with Gasteiger partial charge in [-0.05, 0) is 47.9 Å². The van der Waals surface area contributed by atoms with E-state index in [1.54, 1.807) is 20.3 Å². The number of hydrogen-bond donors (Lipinski definition) is 0. The molecule has 0 aromatic heterocycles. The van der Waals surface area contributed by atoms with E-state index in [4.69, 9.17) is 18.9 Å². The molecule has 6 heteroatoms. The van der Waals surface area contributed by atoms with Gasteiger partial charge >= 0.3 is 5.97 Å². The van der Waals surface area contributed by atoms with Crippen molar-refractivity contribution >= 4 is 11.8 Å². The first kappa shape index (κ1) is 26.0. The normalized spacial score (nSPS) is 14.0. The third-order valence-corrected chi connectivity index (χ3v) is 7.15. The minimum Gasteiger partial charge on any atom is -0.493 e. The van der Waals surface area contributed by atoms with Crippen LogP contribution in [0.1, 0.15) is 58.3 Å². The second-order valence-electron chi connectivity index (χ2n) is 9.48. The summed E-state index contributed by atoms with van der Waals surface area (Å²) in [6, 6.07) is 28.6. The summed E-state index contributed by atoms with van der Waals surface area (Å²) in [5.41, 5.74) is 4.14. The van der Waals surface area contributed by atoms with Crippen molar-refractivity contribution in [1.29, 1.82) is 0 Å². The zero-order valence-corrected chi connectivity index (χ0v) is 22.3. The summed E-state index contributed by atoms with van der Waals surface area (Å²) in [5, 5.41) is 0. The van der Waals surface area contributed by atoms with Crippen LogP contribution in [0.5, 0.6) is 23.0 Å². The standard InChI is InChI=1S/C33H30O6/c1-20(38-28-16-10-9-15-27(28)36-3)31(22-17-18-29(39-21(2)34)30(19-22)37-4)32-23-11-5-7-13-25(23)33(35)26-14-8-6-12-24(26)32/h5-20,31-32H,1-4H3/t20-,31-/m1/s1. The van der Waals surface area contributed by atoms with Crippen molar-refractivity contribution in [3.63, 3.8) is 0 Å². The number of methoxy groups -OCH3 is 2. The van der Waals surface area contributed by atoms with E-state index < -0.39 is 5.97 Å². The van der Waals surface area contributed by atoms with Crippen LogP contribution < -0.4 is 18.9 Å². The molecule has 2 atom stereocenters. The molecule has 0 N–H and O–H groups in total. The fourth-order valence-corrected chi connectivity index (χ4v) is 5.50. The zero-order valence-electron chi connectivity index (χ0n) is 22.3. The molecular weight excluding hydrogens is 492 g/mol. The predicted octanol–water partition coefficient (Wildman–Crippen LogP) is 6.56. The van der Waals surface area contributed by atoms with Gasteiger partial charge in [0.1, 0.15) is 6.10 Å². The van der Waals surface area contributed by atoms with Crippen LogP contribution in [-0.2, 0) is 4.79 Å². The number of para-hydroxylation sites is 2. The van der Waals surface area contributed by atoms with Gasteiger partial charge in [-0.3, -0.25) is 9.59 Å². The molecular formula is C33H30O6. The number of carbonyl (C=O) groups is 2. The zero-order chi connectivity index (χ0) is 27.5. The first-order valence-electron chi connectivity index (χ1n) is 12.8. The number of ketones is 1. The van der Waals surface area contributed by atoms with Gasteiger partial charge in [0.25, 0.3) is 0 Å². The predicted molar refractivity (Wildman–Crippen MR) is 148 cm³/mol. The lowest BCUT2D eigenvalue weighted by atomic mass is 9.68. The quantitative estimate of drug-likeness (QED) is 0.193. The Morgan fingerprint density at radius 2 is 1.28 bits per heavy atom. The lowest BCUT2D eigenvalue weighted by Crippen LogP contribution is -2.32. The van der Waals surface area contributed by atoms with Crippen molar-refractivity contribution in [2.24, 2.45) is 0 Å². The highest BCUT2D eigenvalue weighted by Gasteiger charge is 2.40. The molecule has 0 saturated carbocycles. The monoisotopic (exact) mass is 522 g/mol. The van der Waals surface area contributed by atoms with Crippen LogP contribution in [0.3, 0.4) is 0 Å². The lowest BCUT2D eigenvalue weighted by molar-refractivity contribution is -0.132. The van der Waals surface area contributed by atoms with Crippen molar-refractivity contribution in [2.45, 2.75) is 31.8 Å². The first-order valence-corrected chi connectivity index (χ1v) is 12.8. The largest absolute Gasteiger partial charge is 0.493 e. The molecule has 1 aliphatic carbocycles. The molecule has 5 rings (SSSR count). The maximum absolute atomic E-state index is 13.5. The van der Waals surface area contributed by atoms with Crippen LogP contribution in [0.25, 0.3) is 0 Å². The van der Waals surface area contributed by atoms with E-state index in [-0.39, 0.29) is 23.7 Å². The van der Waals surface area contributed by atoms with Crippen LogP contribution in [0.15, 0.2) is 91.0 Å². The summed E-state index contributed by atoms with van der Waals surface area (Å²) in [5.74, 6) is 1.14. The smallest absolute Gasteiger partial charge is 0.308 e. The summed E-state index contributed by atoms with van der Waals surface area (Å²) in [4.78, 5) is 25.2. The summed E-state index contributed by atoms with van der Waals surface area (Å²) in [7, 11) is 3.15. The van der Waals surface area contributed by atoms with E-state index in [0.717, 1.165) is 16.7 Å². The Bertz CT molecular complexity index is 1470. The Balaban J connectivity index is 1.70. The second-order valence-corrected chi connectivity index (χ2v) is 9.48. The molecule has 39 heavy (non-hydrogen) atoms. The molecule has 0 aliphatic heterocycles. The average Bonchev–Trinajstić information content (AvgIpc) is 2.95. The number of rotatable bonds is 8. The van der Waals surface area contributed by atoms with Crippen molar-refractivity contribution in [2.75, 3.05) is 14.2 Å². The molecule has 0 unspecified atom stereocenters. The summed E-state index contributed by atoms with van der Waals surface area (Å²) >= 11 is 0. The average molecular weight is 523 g/mol. The number of benzene rings is 4. The third kappa shape index (κ3) is 4.98. The maximum Gasteiger partial charge on any atom is 0.308 e. The van der Waals surface area contributed by atoms with Gasteiger partial charge in [-0.15, -0.1) is 0 Å². The van der Waals surface area contributed by atoms with Crippen LogP contribution in [0.4, 0.5) is 0 Å². The van der Waals surface area contributed by atoms with Gasteiger partial charge in [0.2, 0.25) is 0 Å². The number of hydrogen-bond acceptors (Lipinski definition) is 6. The fourth-order valence-electron chi connectivity index (χ4n) is 5.50. The minimum absolute atomic E-state index is 0.0114. The van der Waals surface area contributed by atoms with E-state index in [2.05, 4.69) is 0 Å². The molecule has 4 aromatic rings. The molecule has 0 radical (unpaired) electrons. The van der Waals surface area contributed by atoms with Gasteiger partial charge in [0, 0.05) is 29.9 Å². The van der Waals surface area contributed by atoms with E-state index >= 15 is 0 Å². The van der Waals surface area contributed by atoms with Crippen molar-refractivity contribution in [3.05, 3.63) is 119 Å². The van der Waals surface area contributed by atoms with E-state index in [1.165, 1.54) is 6.92 Å². The number of ether oxygens (including phenoxy) is 4. The topological polar surface area (TPSA) is 71.1 Å². The Kier molecular flexibility index (Phi) is 7.37. The Morgan fingerprint density at radius 1 is 0.718 bits per heavy atom. The SMILES string of the molecule is COc1cc([C@H](C2c3ccccc3C(=O)c3ccccc32)[C@@H](C)Oc2ccccc2OC)ccc1OC(C)=O. The van der Waals surface area contributed by atoms with Crippen LogP contribution in [0.2, 0.25) is 0 Å². The van der Waals surface area contributed by atoms with Crippen molar-refractivity contribution in [1.82, 2.24) is 0 Å². The lowest BCUT2D eigenvalue weighted by Gasteiger charge is -2.37. The van der Waals surface area contributed by atoms with Crippen molar-refractivity contribution < 1.29 is 28.5 Å². The second kappa shape index (κ2) is 11.0. The highest BCUT2D eigenvalue weighted by Crippen LogP contribution is 2.48. The first-order chi connectivity index (χ1) is 18.9. The van der Waals surface area contributed by atoms with Gasteiger partial charge in [-0.2, -0.15) is 0 Å². The Labute approximate surface area is 228 Å².